The lowest BCUT2D eigenvalue weighted by atomic mass is 9.82. The van der Waals surface area contributed by atoms with Crippen molar-refractivity contribution in [2.75, 3.05) is 13.2 Å². The first-order valence-electron chi connectivity index (χ1n) is 9.02. The van der Waals surface area contributed by atoms with Crippen molar-refractivity contribution in [3.8, 4) is 5.69 Å². The molecule has 2 N–H and O–H groups in total. The molecule has 1 aliphatic carbocycles. The number of nitrogens with one attached hydrogen (secondary N) is 2. The Labute approximate surface area is 159 Å². The minimum Gasteiger partial charge on any atom is -0.375 e. The highest BCUT2D eigenvalue weighted by atomic mass is 35.5. The first-order chi connectivity index (χ1) is 12.3. The van der Waals surface area contributed by atoms with Crippen LogP contribution in [-0.2, 0) is 16.1 Å². The summed E-state index contributed by atoms with van der Waals surface area (Å²) < 4.78 is 7.62. The second kappa shape index (κ2) is 8.66. The molecule has 1 aliphatic heterocycles. The van der Waals surface area contributed by atoms with Gasteiger partial charge in [0.1, 0.15) is 0 Å². The van der Waals surface area contributed by atoms with Gasteiger partial charge < -0.3 is 15.4 Å². The SMILES string of the molecule is Cl.O=C(NCc1ccccc1-n1cccn1)[C@H]1CC[C@H]2OCCN[C@@H]2C1. The van der Waals surface area contributed by atoms with Crippen LogP contribution < -0.4 is 10.6 Å². The number of benzene rings is 1. The van der Waals surface area contributed by atoms with Crippen molar-refractivity contribution in [1.82, 2.24) is 20.4 Å². The summed E-state index contributed by atoms with van der Waals surface area (Å²) >= 11 is 0. The maximum atomic E-state index is 12.6. The normalized spacial score (nSPS) is 25.0. The van der Waals surface area contributed by atoms with Crippen LogP contribution in [0.1, 0.15) is 24.8 Å². The van der Waals surface area contributed by atoms with E-state index in [-0.39, 0.29) is 30.3 Å². The zero-order valence-corrected chi connectivity index (χ0v) is 15.5. The van der Waals surface area contributed by atoms with Crippen LogP contribution in [0.25, 0.3) is 5.69 Å². The van der Waals surface area contributed by atoms with Crippen LogP contribution in [0.4, 0.5) is 0 Å². The van der Waals surface area contributed by atoms with E-state index in [1.807, 2.05) is 41.2 Å². The molecule has 1 saturated carbocycles. The molecule has 1 saturated heterocycles. The van der Waals surface area contributed by atoms with Gasteiger partial charge in [0.05, 0.1) is 18.4 Å². The zero-order chi connectivity index (χ0) is 17.1. The number of rotatable bonds is 4. The predicted molar refractivity (Wildman–Crippen MR) is 102 cm³/mol. The van der Waals surface area contributed by atoms with E-state index < -0.39 is 0 Å². The topological polar surface area (TPSA) is 68.2 Å². The average Bonchev–Trinajstić information content (AvgIpc) is 3.20. The van der Waals surface area contributed by atoms with Crippen molar-refractivity contribution in [3.05, 3.63) is 48.3 Å². The summed E-state index contributed by atoms with van der Waals surface area (Å²) in [5.74, 6) is 0.202. The molecule has 0 radical (unpaired) electrons. The van der Waals surface area contributed by atoms with E-state index in [0.717, 1.165) is 43.7 Å². The highest BCUT2D eigenvalue weighted by Gasteiger charge is 2.35. The number of nitrogens with zero attached hydrogens (tertiary/aromatic N) is 2. The molecule has 2 aliphatic rings. The van der Waals surface area contributed by atoms with E-state index in [9.17, 15) is 4.79 Å². The van der Waals surface area contributed by atoms with Crippen LogP contribution >= 0.6 is 12.4 Å². The van der Waals surface area contributed by atoms with Gasteiger partial charge in [-0.15, -0.1) is 12.4 Å². The van der Waals surface area contributed by atoms with Gasteiger partial charge in [0.25, 0.3) is 0 Å². The van der Waals surface area contributed by atoms with E-state index in [2.05, 4.69) is 15.7 Å². The summed E-state index contributed by atoms with van der Waals surface area (Å²) in [6.45, 7) is 2.18. The molecule has 7 heteroatoms. The van der Waals surface area contributed by atoms with E-state index in [4.69, 9.17) is 4.74 Å². The Morgan fingerprint density at radius 3 is 3.04 bits per heavy atom. The van der Waals surface area contributed by atoms with Crippen LogP contribution in [0.3, 0.4) is 0 Å². The molecule has 3 atom stereocenters. The van der Waals surface area contributed by atoms with Crippen LogP contribution in [0.15, 0.2) is 42.7 Å². The lowest BCUT2D eigenvalue weighted by Gasteiger charge is -2.39. The number of halogens is 1. The molecular weight excluding hydrogens is 352 g/mol. The highest BCUT2D eigenvalue weighted by molar-refractivity contribution is 5.85. The quantitative estimate of drug-likeness (QED) is 0.857. The van der Waals surface area contributed by atoms with E-state index in [0.29, 0.717) is 12.6 Å². The number of carbonyl (C=O) groups is 1. The minimum absolute atomic E-state index is 0. The van der Waals surface area contributed by atoms with Gasteiger partial charge in [-0.25, -0.2) is 4.68 Å². The van der Waals surface area contributed by atoms with Gasteiger partial charge in [0, 0.05) is 37.4 Å². The van der Waals surface area contributed by atoms with Gasteiger partial charge in [-0.2, -0.15) is 5.10 Å². The lowest BCUT2D eigenvalue weighted by Crippen LogP contribution is -2.53. The largest absolute Gasteiger partial charge is 0.375 e. The van der Waals surface area contributed by atoms with E-state index in [1.54, 1.807) is 6.20 Å². The Hall–Kier alpha value is -1.89. The summed E-state index contributed by atoms with van der Waals surface area (Å²) in [6, 6.07) is 10.2. The molecule has 6 nitrogen and oxygen atoms in total. The summed E-state index contributed by atoms with van der Waals surface area (Å²) in [5.41, 5.74) is 2.06. The molecule has 140 valence electrons. The Bertz CT molecular complexity index is 722. The molecule has 4 rings (SSSR count). The molecule has 2 heterocycles. The second-order valence-corrected chi connectivity index (χ2v) is 6.78. The number of hydrogen-bond acceptors (Lipinski definition) is 4. The van der Waals surface area contributed by atoms with E-state index >= 15 is 0 Å². The van der Waals surface area contributed by atoms with Gasteiger partial charge >= 0.3 is 0 Å². The Morgan fingerprint density at radius 2 is 2.19 bits per heavy atom. The fraction of sp³-hybridized carbons (Fsp3) is 0.474. The molecule has 1 aromatic heterocycles. The first kappa shape index (κ1) is 18.9. The molecule has 1 aromatic carbocycles. The van der Waals surface area contributed by atoms with Crippen molar-refractivity contribution >= 4 is 18.3 Å². The molecule has 2 aromatic rings. The number of morpholine rings is 1. The smallest absolute Gasteiger partial charge is 0.223 e. The number of amides is 1. The molecule has 0 spiro atoms. The van der Waals surface area contributed by atoms with Gasteiger partial charge in [-0.3, -0.25) is 4.79 Å². The van der Waals surface area contributed by atoms with Crippen LogP contribution in [-0.4, -0.2) is 41.0 Å². The van der Waals surface area contributed by atoms with Crippen LogP contribution in [0.2, 0.25) is 0 Å². The van der Waals surface area contributed by atoms with Gasteiger partial charge in [0.15, 0.2) is 0 Å². The van der Waals surface area contributed by atoms with Crippen molar-refractivity contribution in [1.29, 1.82) is 0 Å². The maximum Gasteiger partial charge on any atom is 0.223 e. The minimum atomic E-state index is 0. The third-order valence-corrected chi connectivity index (χ3v) is 5.19. The number of carbonyl (C=O) groups excluding carboxylic acids is 1. The summed E-state index contributed by atoms with van der Waals surface area (Å²) in [7, 11) is 0. The third-order valence-electron chi connectivity index (χ3n) is 5.19. The van der Waals surface area contributed by atoms with Crippen LogP contribution in [0.5, 0.6) is 0 Å². The molecule has 2 fully saturated rings. The van der Waals surface area contributed by atoms with Crippen molar-refractivity contribution in [2.45, 2.75) is 38.0 Å². The molecule has 1 amide bonds. The number of hydrogen-bond donors (Lipinski definition) is 2. The van der Waals surface area contributed by atoms with Crippen molar-refractivity contribution in [3.63, 3.8) is 0 Å². The number of aromatic nitrogens is 2. The maximum absolute atomic E-state index is 12.6. The standard InChI is InChI=1S/C19H24N4O2.ClH/c24-19(14-6-7-18-16(12-14)20-9-11-25-18)21-13-15-4-1-2-5-17(15)23-10-3-8-22-23;/h1-5,8,10,14,16,18,20H,6-7,9,11-13H2,(H,21,24);1H/t14-,16+,18+;/m0./s1. The van der Waals surface area contributed by atoms with Crippen molar-refractivity contribution in [2.24, 2.45) is 5.92 Å². The Balaban J connectivity index is 0.00000196. The molecule has 26 heavy (non-hydrogen) atoms. The fourth-order valence-electron chi connectivity index (χ4n) is 3.87. The number of para-hydroxylation sites is 1. The number of ether oxygens (including phenoxy) is 1. The summed E-state index contributed by atoms with van der Waals surface area (Å²) in [4.78, 5) is 12.6. The monoisotopic (exact) mass is 376 g/mol. The van der Waals surface area contributed by atoms with Gasteiger partial charge in [-0.1, -0.05) is 18.2 Å². The second-order valence-electron chi connectivity index (χ2n) is 6.78. The summed E-state index contributed by atoms with van der Waals surface area (Å²) in [5, 5.41) is 10.9. The van der Waals surface area contributed by atoms with Crippen LogP contribution in [0, 0.1) is 5.92 Å². The Morgan fingerprint density at radius 1 is 1.31 bits per heavy atom. The van der Waals surface area contributed by atoms with Gasteiger partial charge in [-0.05, 0) is 37.0 Å². The molecule has 0 bridgehead atoms. The summed E-state index contributed by atoms with van der Waals surface area (Å²) in [6.07, 6.45) is 6.66. The first-order valence-corrected chi connectivity index (χ1v) is 9.02. The highest BCUT2D eigenvalue weighted by Crippen LogP contribution is 2.28. The molecule has 0 unspecified atom stereocenters. The average molecular weight is 377 g/mol. The van der Waals surface area contributed by atoms with E-state index in [1.165, 1.54) is 0 Å². The lowest BCUT2D eigenvalue weighted by molar-refractivity contribution is -0.128. The van der Waals surface area contributed by atoms with Gasteiger partial charge in [0.2, 0.25) is 5.91 Å². The number of fused-ring (bicyclic) bond motifs is 1. The van der Waals surface area contributed by atoms with Crippen molar-refractivity contribution < 1.29 is 9.53 Å². The Kier molecular flexibility index (Phi) is 6.29. The molecular formula is C19H25ClN4O2. The zero-order valence-electron chi connectivity index (χ0n) is 14.6. The third kappa shape index (κ3) is 4.09. The predicted octanol–water partition coefficient (Wildman–Crippen LogP) is 2.07. The fourth-order valence-corrected chi connectivity index (χ4v) is 3.87.